The summed E-state index contributed by atoms with van der Waals surface area (Å²) >= 11 is 6.02. The number of aromatic nitrogens is 3. The van der Waals surface area contributed by atoms with E-state index in [2.05, 4.69) is 41.5 Å². The van der Waals surface area contributed by atoms with Crippen molar-refractivity contribution in [3.63, 3.8) is 0 Å². The van der Waals surface area contributed by atoms with Crippen LogP contribution in [0.2, 0.25) is 5.02 Å². The summed E-state index contributed by atoms with van der Waals surface area (Å²) in [5.74, 6) is -4.49. The molecule has 1 aliphatic carbocycles. The Labute approximate surface area is 329 Å². The summed E-state index contributed by atoms with van der Waals surface area (Å²) in [7, 11) is 0. The van der Waals surface area contributed by atoms with Gasteiger partial charge in [0.25, 0.3) is 5.91 Å². The van der Waals surface area contributed by atoms with Crippen LogP contribution >= 0.6 is 11.6 Å². The average Bonchev–Trinajstić information content (AvgIpc) is 3.92. The molecule has 14 nitrogen and oxygen atoms in total. The summed E-state index contributed by atoms with van der Waals surface area (Å²) in [5.41, 5.74) is -0.234. The summed E-state index contributed by atoms with van der Waals surface area (Å²) < 4.78 is 64.0. The van der Waals surface area contributed by atoms with Gasteiger partial charge in [0.05, 0.1) is 22.8 Å². The lowest BCUT2D eigenvalue weighted by atomic mass is 9.93. The maximum absolute atomic E-state index is 15.3. The maximum Gasteiger partial charge on any atom is 0.422 e. The second kappa shape index (κ2) is 17.4. The van der Waals surface area contributed by atoms with Gasteiger partial charge >= 0.3 is 30.0 Å². The summed E-state index contributed by atoms with van der Waals surface area (Å²) in [5, 5.41) is 13.9. The molecule has 3 aromatic carbocycles. The van der Waals surface area contributed by atoms with Crippen LogP contribution in [0.25, 0.3) is 0 Å². The third-order valence-electron chi connectivity index (χ3n) is 8.33. The van der Waals surface area contributed by atoms with Gasteiger partial charge in [-0.25, -0.2) is 9.18 Å². The molecule has 1 aliphatic rings. The summed E-state index contributed by atoms with van der Waals surface area (Å²) in [6, 6.07) is 15.7. The second-order valence-corrected chi connectivity index (χ2v) is 14.7. The first-order chi connectivity index (χ1) is 26.8. The maximum atomic E-state index is 15.3. The smallest absolute Gasteiger partial charge is 0.422 e. The number of halogens is 5. The number of ether oxygens (including phenoxy) is 2. The van der Waals surface area contributed by atoms with Crippen LogP contribution in [0.4, 0.5) is 40.8 Å². The van der Waals surface area contributed by atoms with Crippen LogP contribution in [-0.2, 0) is 19.9 Å². The van der Waals surface area contributed by atoms with Gasteiger partial charge in [-0.2, -0.15) is 28.1 Å². The Bertz CT molecular complexity index is 2110. The number of nitrogens with one attached hydrogen (secondary N) is 5. The molecule has 4 aromatic rings. The SMILES string of the molecule is CC(C)OC(=O)c1ccc(NC(=O)C(=O)NCC(C)(C)CNC(=O)c2ccc(Nc3nc(NC4(c5ccc(Cl)cc5)CC4)nc(OCC(F)(F)F)n3)cc2F)cc1. The molecule has 302 valence electrons. The highest BCUT2D eigenvalue weighted by Crippen LogP contribution is 2.48. The van der Waals surface area contributed by atoms with Gasteiger partial charge in [-0.3, -0.25) is 14.4 Å². The number of benzene rings is 3. The predicted octanol–water partition coefficient (Wildman–Crippen LogP) is 6.53. The highest BCUT2D eigenvalue weighted by Gasteiger charge is 2.45. The number of alkyl halides is 3. The lowest BCUT2D eigenvalue weighted by Crippen LogP contribution is -2.45. The quantitative estimate of drug-likeness (QED) is 0.0500. The van der Waals surface area contributed by atoms with Gasteiger partial charge in [-0.1, -0.05) is 37.6 Å². The van der Waals surface area contributed by atoms with Gasteiger partial charge in [-0.05, 0) is 92.3 Å². The van der Waals surface area contributed by atoms with Crippen LogP contribution in [-0.4, -0.2) is 70.6 Å². The third kappa shape index (κ3) is 12.2. The van der Waals surface area contributed by atoms with Crippen molar-refractivity contribution >= 4 is 58.6 Å². The molecular weight excluding hydrogens is 776 g/mol. The van der Waals surface area contributed by atoms with Crippen LogP contribution < -0.4 is 31.3 Å². The van der Waals surface area contributed by atoms with Gasteiger partial charge in [0, 0.05) is 29.5 Å². The molecule has 3 amide bonds. The van der Waals surface area contributed by atoms with E-state index in [9.17, 15) is 32.3 Å². The number of esters is 1. The summed E-state index contributed by atoms with van der Waals surface area (Å²) in [4.78, 5) is 62.1. The number of nitrogens with zero attached hydrogens (tertiary/aromatic N) is 3. The number of rotatable bonds is 15. The van der Waals surface area contributed by atoms with Crippen LogP contribution in [0, 0.1) is 11.2 Å². The molecule has 0 bridgehead atoms. The van der Waals surface area contributed by atoms with E-state index in [4.69, 9.17) is 21.1 Å². The highest BCUT2D eigenvalue weighted by molar-refractivity contribution is 6.39. The number of amides is 3. The molecule has 19 heteroatoms. The van der Waals surface area contributed by atoms with E-state index in [1.165, 1.54) is 36.4 Å². The van der Waals surface area contributed by atoms with Gasteiger partial charge in [0.15, 0.2) is 6.61 Å². The molecule has 0 atom stereocenters. The second-order valence-electron chi connectivity index (χ2n) is 14.2. The molecule has 0 aliphatic heterocycles. The minimum Gasteiger partial charge on any atom is -0.459 e. The predicted molar refractivity (Wildman–Crippen MR) is 202 cm³/mol. The molecule has 1 saturated carbocycles. The molecule has 1 fully saturated rings. The standard InChI is InChI=1S/C38H39ClF4N8O6/c1-21(2)57-32(55)22-5-11-25(12-6-22)46-31(54)30(53)45-19-36(3,4)18-44-29(52)27-14-13-26(17-28(27)40)47-33-48-34(50-35(49-33)56-20-38(41,42)43)51-37(15-16-37)23-7-9-24(39)10-8-23/h5-14,17,21H,15-16,18-20H2,1-4H3,(H,44,52)(H,45,53)(H,46,54)(H2,47,48,49,50,51). The average molecular weight is 815 g/mol. The fourth-order valence-electron chi connectivity index (χ4n) is 5.22. The van der Waals surface area contributed by atoms with Gasteiger partial charge in [-0.15, -0.1) is 0 Å². The minimum absolute atomic E-state index is 0.0278. The molecule has 0 radical (unpaired) electrons. The number of carbonyl (C=O) groups is 4. The topological polar surface area (TPSA) is 186 Å². The molecule has 57 heavy (non-hydrogen) atoms. The zero-order valence-electron chi connectivity index (χ0n) is 31.1. The molecule has 0 unspecified atom stereocenters. The lowest BCUT2D eigenvalue weighted by molar-refractivity contribution is -0.154. The first-order valence-corrected chi connectivity index (χ1v) is 17.9. The molecular formula is C38H39ClF4N8O6. The fourth-order valence-corrected chi connectivity index (χ4v) is 5.34. The Hall–Kier alpha value is -6.04. The van der Waals surface area contributed by atoms with Gasteiger partial charge < -0.3 is 36.1 Å². The van der Waals surface area contributed by atoms with Crippen molar-refractivity contribution in [2.75, 3.05) is 35.6 Å². The number of anilines is 4. The van der Waals surface area contributed by atoms with Crippen molar-refractivity contribution < 1.29 is 46.2 Å². The van der Waals surface area contributed by atoms with E-state index in [0.717, 1.165) is 11.6 Å². The molecule has 5 rings (SSSR count). The van der Waals surface area contributed by atoms with Gasteiger partial charge in [0.1, 0.15) is 5.82 Å². The van der Waals surface area contributed by atoms with Crippen LogP contribution in [0.5, 0.6) is 6.01 Å². The van der Waals surface area contributed by atoms with Crippen LogP contribution in [0.3, 0.4) is 0 Å². The van der Waals surface area contributed by atoms with Crippen molar-refractivity contribution in [3.8, 4) is 6.01 Å². The summed E-state index contributed by atoms with van der Waals surface area (Å²) in [6.07, 6.45) is -3.62. The molecule has 1 aromatic heterocycles. The number of carbonyl (C=O) groups excluding carboxylic acids is 4. The number of hydrogen-bond acceptors (Lipinski definition) is 11. The Kier molecular flexibility index (Phi) is 12.9. The first kappa shape index (κ1) is 42.1. The minimum atomic E-state index is -4.67. The van der Waals surface area contributed by atoms with Crippen LogP contribution in [0.1, 0.15) is 66.8 Å². The Morgan fingerprint density at radius 3 is 2.09 bits per heavy atom. The Balaban J connectivity index is 1.16. The molecule has 0 spiro atoms. The van der Waals surface area contributed by atoms with E-state index < -0.39 is 59.3 Å². The zero-order chi connectivity index (χ0) is 41.5. The zero-order valence-corrected chi connectivity index (χ0v) is 31.9. The van der Waals surface area contributed by atoms with E-state index in [-0.39, 0.29) is 53.6 Å². The van der Waals surface area contributed by atoms with Crippen molar-refractivity contribution in [1.82, 2.24) is 25.6 Å². The van der Waals surface area contributed by atoms with Gasteiger partial charge in [0.2, 0.25) is 11.9 Å². The number of hydrogen-bond donors (Lipinski definition) is 5. The summed E-state index contributed by atoms with van der Waals surface area (Å²) in [6.45, 7) is 5.11. The monoisotopic (exact) mass is 814 g/mol. The molecule has 5 N–H and O–H groups in total. The van der Waals surface area contributed by atoms with Crippen LogP contribution in [0.15, 0.2) is 66.7 Å². The van der Waals surface area contributed by atoms with E-state index in [0.29, 0.717) is 17.9 Å². The van der Waals surface area contributed by atoms with Crippen molar-refractivity contribution in [3.05, 3.63) is 94.3 Å². The highest BCUT2D eigenvalue weighted by atomic mass is 35.5. The van der Waals surface area contributed by atoms with Crippen molar-refractivity contribution in [2.24, 2.45) is 5.41 Å². The molecule has 1 heterocycles. The van der Waals surface area contributed by atoms with E-state index >= 15 is 4.39 Å². The Morgan fingerprint density at radius 1 is 0.842 bits per heavy atom. The third-order valence-corrected chi connectivity index (χ3v) is 8.58. The normalized spacial score (nSPS) is 13.3. The fraction of sp³-hybridized carbons (Fsp3) is 0.342. The van der Waals surface area contributed by atoms with E-state index in [1.54, 1.807) is 39.8 Å². The lowest BCUT2D eigenvalue weighted by Gasteiger charge is -2.25. The first-order valence-electron chi connectivity index (χ1n) is 17.5. The van der Waals surface area contributed by atoms with E-state index in [1.807, 2.05) is 12.1 Å². The van der Waals surface area contributed by atoms with Crippen molar-refractivity contribution in [1.29, 1.82) is 0 Å². The largest absolute Gasteiger partial charge is 0.459 e. The molecule has 0 saturated heterocycles. The van der Waals surface area contributed by atoms with Crippen molar-refractivity contribution in [2.45, 2.75) is 58.4 Å². The Morgan fingerprint density at radius 2 is 1.47 bits per heavy atom.